The number of hydrogen-bond acceptors (Lipinski definition) is 39. The van der Waals surface area contributed by atoms with Crippen LogP contribution in [0.15, 0.2) is 0 Å². The van der Waals surface area contributed by atoms with Gasteiger partial charge in [0.05, 0.1) is 51.8 Å². The molecule has 8 fully saturated rings. The second kappa shape index (κ2) is 32.6. The van der Waals surface area contributed by atoms with Crippen molar-refractivity contribution in [3.05, 3.63) is 0 Å². The SMILES string of the molecule is CC(=O)NC1[C@@H](OC[C@H]2O[C@@H](O[C@H]3[C@@H](O)[C@@H](O)[C@H](O)O[C@@H]3CO)[C@H](O)[C@H](O[C@H]3O[C@@H](CO)[C@H](O)[C@H](O[C@H]4O[C@@H](CO)[C@@H](O)[C@H](O)[C@H]4O[C@@H]4O[C@@H](C)[C@@H](O)[C@H](O)[C@H]4O)[C@H]3NC(C)=O)[C@@H]2O)O[C@H](CO)[C@@H](O[C@H]2O[C@@H](CO)[C@@H](O)[C@H](O)[C@H]2O)[C@H]1O[C@@H]1O[C@@H](C)[C@@H](O)[C@H](O)[C@H]1O. The zero-order valence-corrected chi connectivity index (χ0v) is 50.1. The fourth-order valence-electron chi connectivity index (χ4n) is 12.1. The van der Waals surface area contributed by atoms with Gasteiger partial charge in [-0.2, -0.15) is 0 Å². The third-order valence-corrected chi connectivity index (χ3v) is 17.4. The Balaban J connectivity index is 1.14. The maximum atomic E-state index is 13.2. The van der Waals surface area contributed by atoms with Crippen LogP contribution < -0.4 is 10.6 Å². The van der Waals surface area contributed by atoms with Gasteiger partial charge in [-0.1, -0.05) is 0 Å². The van der Waals surface area contributed by atoms with Gasteiger partial charge in [-0.3, -0.25) is 9.59 Å². The van der Waals surface area contributed by atoms with Gasteiger partial charge in [-0.05, 0) is 13.8 Å². The molecule has 0 aromatic rings. The molecule has 8 aliphatic rings. The number of carbonyl (C=O) groups excluding carboxylic acids is 2. The lowest BCUT2D eigenvalue weighted by Gasteiger charge is -2.51. The molecule has 0 spiro atoms. The van der Waals surface area contributed by atoms with Crippen molar-refractivity contribution in [2.24, 2.45) is 0 Å². The first-order valence-electron chi connectivity index (χ1n) is 29.9. The molecule has 0 bridgehead atoms. The molecule has 1 unspecified atom stereocenters. The molecular formula is C52H88N2O39. The van der Waals surface area contributed by atoms with Crippen LogP contribution in [-0.4, -0.2) is 409 Å². The smallest absolute Gasteiger partial charge is 0.217 e. The van der Waals surface area contributed by atoms with Crippen LogP contribution in [0.25, 0.3) is 0 Å². The fraction of sp³-hybridized carbons (Fsp3) is 0.962. The number of aliphatic hydroxyl groups excluding tert-OH is 22. The van der Waals surface area contributed by atoms with Gasteiger partial charge in [0.2, 0.25) is 11.8 Å². The second-order valence-electron chi connectivity index (χ2n) is 23.9. The van der Waals surface area contributed by atoms with E-state index >= 15 is 0 Å². The summed E-state index contributed by atoms with van der Waals surface area (Å²) in [6.07, 6.45) is -74.7. The molecule has 41 heteroatoms. The molecule has 540 valence electrons. The first-order valence-corrected chi connectivity index (χ1v) is 29.9. The number of ether oxygens (including phenoxy) is 15. The first-order chi connectivity index (χ1) is 43.9. The predicted octanol–water partition coefficient (Wildman–Crippen LogP) is -16.1. The summed E-state index contributed by atoms with van der Waals surface area (Å²) < 4.78 is 88.5. The van der Waals surface area contributed by atoms with Crippen LogP contribution in [0.1, 0.15) is 27.7 Å². The molecule has 0 aliphatic carbocycles. The predicted molar refractivity (Wildman–Crippen MR) is 285 cm³/mol. The summed E-state index contributed by atoms with van der Waals surface area (Å²) in [5.41, 5.74) is 0. The van der Waals surface area contributed by atoms with Crippen molar-refractivity contribution in [1.29, 1.82) is 0 Å². The van der Waals surface area contributed by atoms with Crippen LogP contribution >= 0.6 is 0 Å². The highest BCUT2D eigenvalue weighted by Crippen LogP contribution is 2.39. The molecule has 8 rings (SSSR count). The van der Waals surface area contributed by atoms with E-state index in [-0.39, 0.29) is 0 Å². The van der Waals surface area contributed by atoms with Gasteiger partial charge in [0.15, 0.2) is 50.3 Å². The Morgan fingerprint density at radius 2 is 0.656 bits per heavy atom. The molecule has 0 radical (unpaired) electrons. The van der Waals surface area contributed by atoms with E-state index in [2.05, 4.69) is 10.6 Å². The highest BCUT2D eigenvalue weighted by molar-refractivity contribution is 5.73. The van der Waals surface area contributed by atoms with Crippen molar-refractivity contribution in [2.45, 2.75) is 273 Å². The molecule has 0 aromatic carbocycles. The summed E-state index contributed by atoms with van der Waals surface area (Å²) in [5.74, 6) is -1.86. The molecule has 0 saturated carbocycles. The van der Waals surface area contributed by atoms with Crippen LogP contribution in [0.5, 0.6) is 0 Å². The van der Waals surface area contributed by atoms with E-state index < -0.39 is 297 Å². The maximum Gasteiger partial charge on any atom is 0.217 e. The Hall–Kier alpha value is -2.54. The van der Waals surface area contributed by atoms with Gasteiger partial charge in [-0.15, -0.1) is 0 Å². The van der Waals surface area contributed by atoms with Gasteiger partial charge in [0, 0.05) is 13.8 Å². The van der Waals surface area contributed by atoms with Crippen LogP contribution in [0.2, 0.25) is 0 Å². The third kappa shape index (κ3) is 16.4. The van der Waals surface area contributed by atoms with Gasteiger partial charge in [0.1, 0.15) is 183 Å². The van der Waals surface area contributed by atoms with Crippen molar-refractivity contribution in [3.63, 3.8) is 0 Å². The summed E-state index contributed by atoms with van der Waals surface area (Å²) in [7, 11) is 0. The number of amides is 2. The van der Waals surface area contributed by atoms with Crippen LogP contribution in [0.4, 0.5) is 0 Å². The number of nitrogens with one attached hydrogen (secondary N) is 2. The fourth-order valence-corrected chi connectivity index (χ4v) is 12.1. The minimum Gasteiger partial charge on any atom is -0.394 e. The van der Waals surface area contributed by atoms with E-state index in [1.165, 1.54) is 13.8 Å². The van der Waals surface area contributed by atoms with E-state index in [1.54, 1.807) is 0 Å². The Morgan fingerprint density at radius 3 is 1.18 bits per heavy atom. The van der Waals surface area contributed by atoms with E-state index in [4.69, 9.17) is 71.1 Å². The third-order valence-electron chi connectivity index (χ3n) is 17.4. The first kappa shape index (κ1) is 76.2. The van der Waals surface area contributed by atoms with Crippen molar-refractivity contribution in [3.8, 4) is 0 Å². The Labute approximate surface area is 527 Å². The Kier molecular flexibility index (Phi) is 26.7. The Morgan fingerprint density at radius 1 is 0.301 bits per heavy atom. The van der Waals surface area contributed by atoms with E-state index in [9.17, 15) is 122 Å². The van der Waals surface area contributed by atoms with Crippen molar-refractivity contribution in [1.82, 2.24) is 10.6 Å². The van der Waals surface area contributed by atoms with Gasteiger partial charge < -0.3 is 194 Å². The van der Waals surface area contributed by atoms with Crippen molar-refractivity contribution < 1.29 is 193 Å². The number of rotatable bonds is 22. The van der Waals surface area contributed by atoms with E-state index in [1.807, 2.05) is 0 Å². The lowest BCUT2D eigenvalue weighted by atomic mass is 9.93. The molecule has 41 nitrogen and oxygen atoms in total. The zero-order chi connectivity index (χ0) is 68.5. The summed E-state index contributed by atoms with van der Waals surface area (Å²) in [6.45, 7) is -1.83. The molecule has 40 atom stereocenters. The summed E-state index contributed by atoms with van der Waals surface area (Å²) in [6, 6.07) is -3.78. The minimum absolute atomic E-state index is 0.908. The molecule has 8 aliphatic heterocycles. The quantitative estimate of drug-likeness (QED) is 0.0479. The zero-order valence-electron chi connectivity index (χ0n) is 50.1. The van der Waals surface area contributed by atoms with E-state index in [0.717, 1.165) is 13.8 Å². The largest absolute Gasteiger partial charge is 0.394 e. The highest BCUT2D eigenvalue weighted by Gasteiger charge is 2.60. The number of hydrogen-bond donors (Lipinski definition) is 24. The van der Waals surface area contributed by atoms with Gasteiger partial charge >= 0.3 is 0 Å². The monoisotopic (exact) mass is 1360 g/mol. The van der Waals surface area contributed by atoms with Crippen LogP contribution in [-0.2, 0) is 80.6 Å². The lowest BCUT2D eigenvalue weighted by Crippen LogP contribution is -2.71. The normalized spacial score (nSPS) is 51.6. The molecule has 2 amide bonds. The summed E-state index contributed by atoms with van der Waals surface area (Å²) >= 11 is 0. The van der Waals surface area contributed by atoms with Crippen LogP contribution in [0, 0.1) is 0 Å². The van der Waals surface area contributed by atoms with Crippen molar-refractivity contribution >= 4 is 11.8 Å². The van der Waals surface area contributed by atoms with Crippen LogP contribution in [0.3, 0.4) is 0 Å². The molecule has 0 aromatic heterocycles. The summed E-state index contributed by atoms with van der Waals surface area (Å²) in [5, 5.41) is 244. The Bertz CT molecular complexity index is 2350. The minimum atomic E-state index is -2.40. The molecule has 8 saturated heterocycles. The lowest BCUT2D eigenvalue weighted by molar-refractivity contribution is -0.392. The highest BCUT2D eigenvalue weighted by atomic mass is 16.8. The average Bonchev–Trinajstić information content (AvgIpc) is 0.776. The van der Waals surface area contributed by atoms with Crippen molar-refractivity contribution in [2.75, 3.05) is 39.6 Å². The molecule has 24 N–H and O–H groups in total. The number of carbonyl (C=O) groups is 2. The maximum absolute atomic E-state index is 13.2. The molecular weight excluding hydrogens is 1280 g/mol. The second-order valence-corrected chi connectivity index (χ2v) is 23.9. The number of aliphatic hydroxyl groups is 22. The molecule has 93 heavy (non-hydrogen) atoms. The topological polar surface area (TPSA) is 642 Å². The molecule has 8 heterocycles. The van der Waals surface area contributed by atoms with Gasteiger partial charge in [-0.25, -0.2) is 0 Å². The standard InChI is InChI=1S/C52H88N2O39/c1-11-23(62)29(68)35(74)48(80-11)91-42-22(54-14(4)61)46(86-19(9-59)40(42)89-50-37(76)31(70)25(64)15(5-55)84-50)79-10-20-28(67)43(38(77)51(87-20)88-39-18(8-58)82-45(78)34(73)33(39)72)92-47-21(53-13(3)60)41(27(66)17(7-57)83-47)90-52-44(32(71)26(65)16(6-56)85-52)93-49-36(75)30(69)24(63)12(2)81-49/h11-12,15-52,55-59,62-78H,5-10H2,1-4H3,(H,53,60)(H,54,61)/t11-,12-,15-,16-,17-,18+,19+,20+,21+,22?,23+,24+,25+,26+,27-,28+,29-,30-,31-,32-,33-,34+,35+,36+,37+,38+,39+,40+,41+,42-,43+,44+,45+,46-,47+,48-,49-,50+,51-,52+/m0/s1. The summed E-state index contributed by atoms with van der Waals surface area (Å²) in [4.78, 5) is 26.4. The van der Waals surface area contributed by atoms with E-state index in [0.29, 0.717) is 0 Å². The average molecular weight is 1370 g/mol. The van der Waals surface area contributed by atoms with Gasteiger partial charge in [0.25, 0.3) is 0 Å².